The van der Waals surface area contributed by atoms with Crippen LogP contribution in [0, 0.1) is 0 Å². The van der Waals surface area contributed by atoms with Gasteiger partial charge in [0, 0.05) is 30.5 Å². The molecule has 1 aliphatic heterocycles. The molecule has 1 saturated heterocycles. The number of ether oxygens (including phenoxy) is 2. The summed E-state index contributed by atoms with van der Waals surface area (Å²) in [5.41, 5.74) is 1.95. The van der Waals surface area contributed by atoms with E-state index in [0.717, 1.165) is 24.5 Å². The van der Waals surface area contributed by atoms with Crippen LogP contribution in [0.2, 0.25) is 0 Å². The molecule has 0 saturated carbocycles. The van der Waals surface area contributed by atoms with E-state index >= 15 is 0 Å². The lowest BCUT2D eigenvalue weighted by molar-refractivity contribution is -0.118. The van der Waals surface area contributed by atoms with Gasteiger partial charge in [0.15, 0.2) is 6.61 Å². The Labute approximate surface area is 148 Å². The quantitative estimate of drug-likeness (QED) is 0.871. The second-order valence-corrected chi connectivity index (χ2v) is 6.11. The maximum absolute atomic E-state index is 12.1. The van der Waals surface area contributed by atoms with Gasteiger partial charge in [0.25, 0.3) is 5.91 Å². The van der Waals surface area contributed by atoms with Crippen molar-refractivity contribution in [3.05, 3.63) is 48.5 Å². The third-order valence-electron chi connectivity index (χ3n) is 4.26. The van der Waals surface area contributed by atoms with Gasteiger partial charge in [-0.1, -0.05) is 12.1 Å². The standard InChI is InChI=1S/C20H24N2O3/c1-24-18-9-6-10-19(14-18)25-15-20(23)21-16-7-5-8-17(13-16)22-11-3-2-4-12-22/h5-10,13-14H,2-4,11-12,15H2,1H3,(H,21,23). The number of nitrogens with zero attached hydrogens (tertiary/aromatic N) is 1. The zero-order valence-electron chi connectivity index (χ0n) is 14.5. The van der Waals surface area contributed by atoms with E-state index in [4.69, 9.17) is 9.47 Å². The van der Waals surface area contributed by atoms with Crippen molar-refractivity contribution in [3.63, 3.8) is 0 Å². The summed E-state index contributed by atoms with van der Waals surface area (Å²) in [6, 6.07) is 15.2. The van der Waals surface area contributed by atoms with E-state index in [2.05, 4.69) is 16.3 Å². The normalized spacial score (nSPS) is 14.0. The van der Waals surface area contributed by atoms with Gasteiger partial charge in [0.1, 0.15) is 11.5 Å². The number of benzene rings is 2. The maximum Gasteiger partial charge on any atom is 0.262 e. The topological polar surface area (TPSA) is 50.8 Å². The lowest BCUT2D eigenvalue weighted by Crippen LogP contribution is -2.29. The minimum Gasteiger partial charge on any atom is -0.497 e. The summed E-state index contributed by atoms with van der Waals surface area (Å²) >= 11 is 0. The number of hydrogen-bond donors (Lipinski definition) is 1. The molecule has 25 heavy (non-hydrogen) atoms. The van der Waals surface area contributed by atoms with Gasteiger partial charge in [-0.2, -0.15) is 0 Å². The van der Waals surface area contributed by atoms with Crippen LogP contribution in [0.4, 0.5) is 11.4 Å². The van der Waals surface area contributed by atoms with E-state index in [1.807, 2.05) is 30.3 Å². The van der Waals surface area contributed by atoms with E-state index in [9.17, 15) is 4.79 Å². The number of carbonyl (C=O) groups excluding carboxylic acids is 1. The van der Waals surface area contributed by atoms with Crippen molar-refractivity contribution in [2.75, 3.05) is 37.0 Å². The van der Waals surface area contributed by atoms with Gasteiger partial charge >= 0.3 is 0 Å². The Morgan fingerprint density at radius 3 is 2.60 bits per heavy atom. The van der Waals surface area contributed by atoms with Crippen LogP contribution in [-0.4, -0.2) is 32.7 Å². The predicted molar refractivity (Wildman–Crippen MR) is 99.6 cm³/mol. The van der Waals surface area contributed by atoms with Gasteiger partial charge in [-0.05, 0) is 49.6 Å². The zero-order chi connectivity index (χ0) is 17.5. The van der Waals surface area contributed by atoms with Crippen molar-refractivity contribution in [2.45, 2.75) is 19.3 Å². The average Bonchev–Trinajstić information content (AvgIpc) is 2.67. The van der Waals surface area contributed by atoms with Crippen LogP contribution in [0.25, 0.3) is 0 Å². The fourth-order valence-corrected chi connectivity index (χ4v) is 2.97. The van der Waals surface area contributed by atoms with Crippen LogP contribution in [0.1, 0.15) is 19.3 Å². The molecule has 1 N–H and O–H groups in total. The third-order valence-corrected chi connectivity index (χ3v) is 4.26. The Morgan fingerprint density at radius 1 is 1.04 bits per heavy atom. The van der Waals surface area contributed by atoms with E-state index in [1.165, 1.54) is 19.3 Å². The van der Waals surface area contributed by atoms with Gasteiger partial charge in [-0.3, -0.25) is 4.79 Å². The van der Waals surface area contributed by atoms with Gasteiger partial charge in [-0.25, -0.2) is 0 Å². The molecule has 5 heteroatoms. The Bertz CT molecular complexity index is 712. The molecule has 0 atom stereocenters. The van der Waals surface area contributed by atoms with Crippen molar-refractivity contribution in [1.82, 2.24) is 0 Å². The van der Waals surface area contributed by atoms with Crippen molar-refractivity contribution >= 4 is 17.3 Å². The molecule has 0 bridgehead atoms. The van der Waals surface area contributed by atoms with E-state index < -0.39 is 0 Å². The Morgan fingerprint density at radius 2 is 1.80 bits per heavy atom. The van der Waals surface area contributed by atoms with Gasteiger partial charge in [-0.15, -0.1) is 0 Å². The van der Waals surface area contributed by atoms with Gasteiger partial charge < -0.3 is 19.7 Å². The summed E-state index contributed by atoms with van der Waals surface area (Å²) < 4.78 is 10.7. The minimum atomic E-state index is -0.182. The van der Waals surface area contributed by atoms with E-state index in [-0.39, 0.29) is 12.5 Å². The molecule has 0 spiro atoms. The second kappa shape index (κ2) is 8.42. The fourth-order valence-electron chi connectivity index (χ4n) is 2.97. The monoisotopic (exact) mass is 340 g/mol. The number of anilines is 2. The number of methoxy groups -OCH3 is 1. The molecule has 0 unspecified atom stereocenters. The van der Waals surface area contributed by atoms with Crippen LogP contribution in [-0.2, 0) is 4.79 Å². The number of rotatable bonds is 6. The van der Waals surface area contributed by atoms with Crippen LogP contribution < -0.4 is 19.7 Å². The number of carbonyl (C=O) groups is 1. The van der Waals surface area contributed by atoms with Gasteiger partial charge in [0.05, 0.1) is 7.11 Å². The number of piperidine rings is 1. The summed E-state index contributed by atoms with van der Waals surface area (Å²) in [5, 5.41) is 2.90. The Balaban J connectivity index is 1.55. The van der Waals surface area contributed by atoms with Crippen molar-refractivity contribution in [3.8, 4) is 11.5 Å². The summed E-state index contributed by atoms with van der Waals surface area (Å²) in [5.74, 6) is 1.13. The van der Waals surface area contributed by atoms with Gasteiger partial charge in [0.2, 0.25) is 0 Å². The summed E-state index contributed by atoms with van der Waals surface area (Å²) in [7, 11) is 1.60. The summed E-state index contributed by atoms with van der Waals surface area (Å²) in [4.78, 5) is 14.5. The van der Waals surface area contributed by atoms with Crippen molar-refractivity contribution in [1.29, 1.82) is 0 Å². The smallest absolute Gasteiger partial charge is 0.262 e. The third kappa shape index (κ3) is 4.89. The zero-order valence-corrected chi connectivity index (χ0v) is 14.5. The molecule has 1 fully saturated rings. The predicted octanol–water partition coefficient (Wildman–Crippen LogP) is 3.70. The molecule has 0 aliphatic carbocycles. The second-order valence-electron chi connectivity index (χ2n) is 6.11. The summed E-state index contributed by atoms with van der Waals surface area (Å²) in [6.45, 7) is 2.12. The van der Waals surface area contributed by atoms with Crippen molar-refractivity contribution < 1.29 is 14.3 Å². The molecule has 3 rings (SSSR count). The molecule has 132 valence electrons. The maximum atomic E-state index is 12.1. The Kier molecular flexibility index (Phi) is 5.77. The Hall–Kier alpha value is -2.69. The van der Waals surface area contributed by atoms with Crippen LogP contribution in [0.5, 0.6) is 11.5 Å². The SMILES string of the molecule is COc1cccc(OCC(=O)Nc2cccc(N3CCCCC3)c2)c1. The average molecular weight is 340 g/mol. The molecular formula is C20H24N2O3. The first-order valence-corrected chi connectivity index (χ1v) is 8.66. The van der Waals surface area contributed by atoms with E-state index in [0.29, 0.717) is 11.5 Å². The highest BCUT2D eigenvalue weighted by atomic mass is 16.5. The number of nitrogens with one attached hydrogen (secondary N) is 1. The molecule has 5 nitrogen and oxygen atoms in total. The lowest BCUT2D eigenvalue weighted by Gasteiger charge is -2.29. The van der Waals surface area contributed by atoms with Crippen molar-refractivity contribution in [2.24, 2.45) is 0 Å². The lowest BCUT2D eigenvalue weighted by atomic mass is 10.1. The first-order valence-electron chi connectivity index (χ1n) is 8.66. The first kappa shape index (κ1) is 17.1. The fraction of sp³-hybridized carbons (Fsp3) is 0.350. The highest BCUT2D eigenvalue weighted by molar-refractivity contribution is 5.92. The minimum absolute atomic E-state index is 0.0406. The molecule has 2 aromatic carbocycles. The highest BCUT2D eigenvalue weighted by Crippen LogP contribution is 2.23. The van der Waals surface area contributed by atoms with Crippen LogP contribution in [0.3, 0.4) is 0 Å². The summed E-state index contributed by atoms with van der Waals surface area (Å²) in [6.07, 6.45) is 3.75. The molecule has 1 heterocycles. The molecule has 0 radical (unpaired) electrons. The van der Waals surface area contributed by atoms with Crippen LogP contribution in [0.15, 0.2) is 48.5 Å². The van der Waals surface area contributed by atoms with Crippen LogP contribution >= 0.6 is 0 Å². The molecule has 2 aromatic rings. The highest BCUT2D eigenvalue weighted by Gasteiger charge is 2.12. The molecule has 1 aliphatic rings. The molecular weight excluding hydrogens is 316 g/mol. The largest absolute Gasteiger partial charge is 0.497 e. The number of amides is 1. The molecule has 1 amide bonds. The molecule has 0 aromatic heterocycles. The van der Waals surface area contributed by atoms with E-state index in [1.54, 1.807) is 19.2 Å². The first-order chi connectivity index (χ1) is 12.2. The number of hydrogen-bond acceptors (Lipinski definition) is 4.